The van der Waals surface area contributed by atoms with Crippen molar-refractivity contribution >= 4 is 33.0 Å². The molecule has 270 valence electrons. The van der Waals surface area contributed by atoms with Crippen LogP contribution in [0.5, 0.6) is 0 Å². The molecule has 7 aromatic carbocycles. The number of fused-ring (bicyclic) bond motifs is 4. The first-order valence-electron chi connectivity index (χ1n) is 19.5. The summed E-state index contributed by atoms with van der Waals surface area (Å²) in [6.07, 6.45) is 0. The van der Waals surface area contributed by atoms with Gasteiger partial charge in [-0.15, -0.1) is 0 Å². The predicted molar refractivity (Wildman–Crippen MR) is 232 cm³/mol. The van der Waals surface area contributed by atoms with Crippen LogP contribution in [0, 0.1) is 20.8 Å². The van der Waals surface area contributed by atoms with Crippen LogP contribution in [0.2, 0.25) is 0 Å². The number of benzene rings is 7. The third-order valence-electron chi connectivity index (χ3n) is 11.2. The molecule has 0 saturated heterocycles. The topological polar surface area (TPSA) is 31.0 Å². The lowest BCUT2D eigenvalue weighted by molar-refractivity contribution is 0.669. The normalized spacial score (nSPS) is 11.9. The molecule has 3 nitrogen and oxygen atoms in total. The summed E-state index contributed by atoms with van der Waals surface area (Å²) in [6.45, 7) is 15.8. The number of imidazole rings is 1. The molecule has 0 aliphatic heterocycles. The van der Waals surface area contributed by atoms with Crippen molar-refractivity contribution in [3.05, 3.63) is 167 Å². The average Bonchev–Trinajstić information content (AvgIpc) is 3.76. The fourth-order valence-corrected chi connectivity index (χ4v) is 8.67. The Labute approximate surface area is 323 Å². The van der Waals surface area contributed by atoms with E-state index in [2.05, 4.69) is 193 Å². The van der Waals surface area contributed by atoms with Crippen LogP contribution in [0.25, 0.3) is 83.4 Å². The van der Waals surface area contributed by atoms with E-state index in [9.17, 15) is 0 Å². The van der Waals surface area contributed by atoms with Gasteiger partial charge in [-0.3, -0.25) is 4.57 Å². The summed E-state index contributed by atoms with van der Waals surface area (Å²) >= 11 is 0. The zero-order valence-electron chi connectivity index (χ0n) is 32.7. The Morgan fingerprint density at radius 1 is 0.527 bits per heavy atom. The Balaban J connectivity index is 1.24. The van der Waals surface area contributed by atoms with Crippen molar-refractivity contribution in [2.75, 3.05) is 0 Å². The van der Waals surface area contributed by atoms with Gasteiger partial charge in [-0.25, -0.2) is 4.98 Å². The van der Waals surface area contributed by atoms with Crippen molar-refractivity contribution < 1.29 is 4.42 Å². The molecule has 0 aliphatic carbocycles. The van der Waals surface area contributed by atoms with E-state index in [-0.39, 0.29) is 11.8 Å². The molecule has 0 bridgehead atoms. The molecule has 0 unspecified atom stereocenters. The minimum atomic E-state index is 0.261. The quantitative estimate of drug-likeness (QED) is 0.165. The van der Waals surface area contributed by atoms with E-state index in [1.807, 2.05) is 0 Å². The summed E-state index contributed by atoms with van der Waals surface area (Å²) in [5.74, 6) is 1.41. The third-order valence-corrected chi connectivity index (χ3v) is 11.2. The Kier molecular flexibility index (Phi) is 8.54. The highest BCUT2D eigenvalue weighted by Crippen LogP contribution is 2.43. The van der Waals surface area contributed by atoms with Crippen molar-refractivity contribution in [3.8, 4) is 50.5 Å². The van der Waals surface area contributed by atoms with Gasteiger partial charge >= 0.3 is 0 Å². The molecule has 0 radical (unpaired) electrons. The predicted octanol–water partition coefficient (Wildman–Crippen LogP) is 14.8. The molecule has 0 spiro atoms. The maximum atomic E-state index is 6.83. The van der Waals surface area contributed by atoms with Gasteiger partial charge in [0.15, 0.2) is 0 Å². The molecule has 0 fully saturated rings. The fourth-order valence-electron chi connectivity index (χ4n) is 8.67. The van der Waals surface area contributed by atoms with E-state index in [0.717, 1.165) is 49.9 Å². The summed E-state index contributed by atoms with van der Waals surface area (Å²) in [5.41, 5.74) is 19.8. The molecule has 3 heteroatoms. The zero-order chi connectivity index (χ0) is 38.0. The van der Waals surface area contributed by atoms with Crippen LogP contribution in [0.3, 0.4) is 0 Å². The van der Waals surface area contributed by atoms with Crippen molar-refractivity contribution in [1.29, 1.82) is 0 Å². The van der Waals surface area contributed by atoms with Gasteiger partial charge in [0.25, 0.3) is 0 Å². The van der Waals surface area contributed by atoms with Gasteiger partial charge in [0.05, 0.1) is 22.3 Å². The summed E-state index contributed by atoms with van der Waals surface area (Å²) in [5, 5.41) is 2.20. The largest absolute Gasteiger partial charge is 0.455 e. The van der Waals surface area contributed by atoms with Crippen LogP contribution in [-0.4, -0.2) is 9.55 Å². The number of hydrogen-bond acceptors (Lipinski definition) is 2. The van der Waals surface area contributed by atoms with Crippen LogP contribution in [0.15, 0.2) is 144 Å². The average molecular weight is 715 g/mol. The Morgan fingerprint density at radius 2 is 1.15 bits per heavy atom. The van der Waals surface area contributed by atoms with Crippen LogP contribution >= 0.6 is 0 Å². The van der Waals surface area contributed by atoms with Crippen LogP contribution < -0.4 is 0 Å². The van der Waals surface area contributed by atoms with Crippen molar-refractivity contribution in [3.63, 3.8) is 0 Å². The summed E-state index contributed by atoms with van der Waals surface area (Å²) in [6, 6.07) is 50.6. The van der Waals surface area contributed by atoms with Gasteiger partial charge in [0, 0.05) is 10.8 Å². The lowest BCUT2D eigenvalue weighted by atomic mass is 9.87. The van der Waals surface area contributed by atoms with Crippen molar-refractivity contribution in [1.82, 2.24) is 9.55 Å². The molecule has 0 saturated carbocycles. The van der Waals surface area contributed by atoms with Crippen molar-refractivity contribution in [2.45, 2.75) is 60.3 Å². The second kappa shape index (κ2) is 13.6. The van der Waals surface area contributed by atoms with Crippen molar-refractivity contribution in [2.24, 2.45) is 0 Å². The first-order valence-corrected chi connectivity index (χ1v) is 19.5. The number of para-hydroxylation sites is 3. The van der Waals surface area contributed by atoms with Gasteiger partial charge in [-0.1, -0.05) is 130 Å². The number of rotatable bonds is 7. The minimum absolute atomic E-state index is 0.261. The lowest BCUT2D eigenvalue weighted by Crippen LogP contribution is -2.09. The third kappa shape index (κ3) is 5.95. The molecular formula is C52H46N2O. The van der Waals surface area contributed by atoms with E-state index >= 15 is 0 Å². The van der Waals surface area contributed by atoms with Crippen LogP contribution in [0.4, 0.5) is 0 Å². The van der Waals surface area contributed by atoms with Gasteiger partial charge in [-0.2, -0.15) is 0 Å². The summed E-state index contributed by atoms with van der Waals surface area (Å²) < 4.78 is 9.24. The Hall–Kier alpha value is -6.19. The number of aromatic nitrogens is 2. The molecule has 2 heterocycles. The maximum absolute atomic E-state index is 6.83. The number of nitrogens with zero attached hydrogens (tertiary/aromatic N) is 2. The van der Waals surface area contributed by atoms with Gasteiger partial charge < -0.3 is 4.42 Å². The van der Waals surface area contributed by atoms with E-state index in [4.69, 9.17) is 9.40 Å². The van der Waals surface area contributed by atoms with Gasteiger partial charge in [-0.05, 0) is 131 Å². The first-order chi connectivity index (χ1) is 26.7. The molecule has 9 aromatic rings. The maximum Gasteiger partial charge on any atom is 0.149 e. The molecule has 9 rings (SSSR count). The van der Waals surface area contributed by atoms with Gasteiger partial charge in [0.2, 0.25) is 0 Å². The highest BCUT2D eigenvalue weighted by Gasteiger charge is 2.25. The number of furan rings is 1. The van der Waals surface area contributed by atoms with Crippen LogP contribution in [-0.2, 0) is 0 Å². The molecule has 55 heavy (non-hydrogen) atoms. The van der Waals surface area contributed by atoms with Crippen LogP contribution in [0.1, 0.15) is 67.3 Å². The van der Waals surface area contributed by atoms with E-state index in [0.29, 0.717) is 0 Å². The second-order valence-electron chi connectivity index (χ2n) is 15.8. The summed E-state index contributed by atoms with van der Waals surface area (Å²) in [7, 11) is 0. The molecule has 0 N–H and O–H groups in total. The number of aryl methyl sites for hydroxylation is 3. The molecule has 2 aromatic heterocycles. The van der Waals surface area contributed by atoms with E-state index in [1.165, 1.54) is 61.3 Å². The molecule has 0 aliphatic rings. The monoisotopic (exact) mass is 714 g/mol. The Bertz CT molecular complexity index is 2830. The standard InChI is InChI=1S/C52H46N2O/c1-31(2)44-28-40(37-20-22-38(23-21-37)49-34(6)26-33(5)27-35(49)7)29-45(32(3)4)50(44)54-47-19-12-11-18-46(47)53-52(54)43-17-13-16-42-41-25-24-39(30-48(41)55-51(42)43)36-14-9-8-10-15-36/h8-32H,1-7H3. The van der Waals surface area contributed by atoms with E-state index < -0.39 is 0 Å². The molecule has 0 atom stereocenters. The number of hydrogen-bond donors (Lipinski definition) is 0. The highest BCUT2D eigenvalue weighted by atomic mass is 16.3. The molecular weight excluding hydrogens is 669 g/mol. The van der Waals surface area contributed by atoms with E-state index in [1.54, 1.807) is 0 Å². The minimum Gasteiger partial charge on any atom is -0.455 e. The first kappa shape index (κ1) is 34.6. The zero-order valence-corrected chi connectivity index (χ0v) is 32.7. The second-order valence-corrected chi connectivity index (χ2v) is 15.8. The summed E-state index contributed by atoms with van der Waals surface area (Å²) in [4.78, 5) is 5.39. The Morgan fingerprint density at radius 3 is 1.84 bits per heavy atom. The molecule has 0 amide bonds. The SMILES string of the molecule is Cc1cc(C)c(-c2ccc(-c3cc(C(C)C)c(-n4c(-c5cccc6c5oc5cc(-c7ccccc7)ccc56)nc5ccccc54)c(C(C)C)c3)cc2)c(C)c1. The fraction of sp³-hybridized carbons (Fsp3) is 0.173. The smallest absolute Gasteiger partial charge is 0.149 e. The lowest BCUT2D eigenvalue weighted by Gasteiger charge is -2.24. The highest BCUT2D eigenvalue weighted by molar-refractivity contribution is 6.10. The van der Waals surface area contributed by atoms with Gasteiger partial charge in [0.1, 0.15) is 17.0 Å².